The Morgan fingerprint density at radius 1 is 1.12 bits per heavy atom. The zero-order valence-corrected chi connectivity index (χ0v) is 10.8. The molecular weight excluding hydrogens is 198 g/mol. The lowest BCUT2D eigenvalue weighted by atomic mass is 9.66. The molecule has 0 bridgehead atoms. The van der Waals surface area contributed by atoms with Crippen LogP contribution in [0.15, 0.2) is 0 Å². The van der Waals surface area contributed by atoms with Crippen LogP contribution in [0, 0.1) is 5.41 Å². The Labute approximate surface area is 100 Å². The van der Waals surface area contributed by atoms with E-state index in [2.05, 4.69) is 5.32 Å². The van der Waals surface area contributed by atoms with Crippen LogP contribution in [0.2, 0.25) is 0 Å². The van der Waals surface area contributed by atoms with Gasteiger partial charge in [-0.3, -0.25) is 0 Å². The summed E-state index contributed by atoms with van der Waals surface area (Å²) in [5.41, 5.74) is 0.591. The zero-order chi connectivity index (χ0) is 11.3. The van der Waals surface area contributed by atoms with Gasteiger partial charge in [-0.2, -0.15) is 0 Å². The molecule has 0 spiro atoms. The first-order valence-corrected chi connectivity index (χ1v) is 7.07. The Balaban J connectivity index is 1.69. The first-order chi connectivity index (χ1) is 7.85. The molecule has 2 fully saturated rings. The molecule has 0 heterocycles. The molecule has 0 aromatic heterocycles. The van der Waals surface area contributed by atoms with Gasteiger partial charge < -0.3 is 10.1 Å². The van der Waals surface area contributed by atoms with Gasteiger partial charge >= 0.3 is 0 Å². The van der Waals surface area contributed by atoms with E-state index in [1.807, 2.05) is 7.11 Å². The van der Waals surface area contributed by atoms with Crippen molar-refractivity contribution in [2.75, 3.05) is 20.3 Å². The highest BCUT2D eigenvalue weighted by molar-refractivity contribution is 4.90. The normalized spacial score (nSPS) is 25.3. The number of hydrogen-bond donors (Lipinski definition) is 1. The standard InChI is InChI=1S/C14H27NO/c1-16-11-10-14(8-5-9-14)12-15-13-6-3-2-4-7-13/h13,15H,2-12H2,1H3. The second-order valence-corrected chi connectivity index (χ2v) is 5.81. The van der Waals surface area contributed by atoms with Crippen molar-refractivity contribution in [1.82, 2.24) is 5.32 Å². The lowest BCUT2D eigenvalue weighted by Crippen LogP contribution is -2.44. The van der Waals surface area contributed by atoms with Gasteiger partial charge in [-0.25, -0.2) is 0 Å². The fourth-order valence-corrected chi connectivity index (χ4v) is 3.18. The SMILES string of the molecule is COCCC1(CNC2CCCCC2)CCC1. The third kappa shape index (κ3) is 3.21. The van der Waals surface area contributed by atoms with Crippen LogP contribution in [-0.2, 0) is 4.74 Å². The highest BCUT2D eigenvalue weighted by Gasteiger charge is 2.36. The average molecular weight is 225 g/mol. The summed E-state index contributed by atoms with van der Waals surface area (Å²) in [5, 5.41) is 3.82. The van der Waals surface area contributed by atoms with Gasteiger partial charge in [-0.1, -0.05) is 25.7 Å². The monoisotopic (exact) mass is 225 g/mol. The summed E-state index contributed by atoms with van der Waals surface area (Å²) in [6.45, 7) is 2.17. The summed E-state index contributed by atoms with van der Waals surface area (Å²) in [7, 11) is 1.82. The van der Waals surface area contributed by atoms with Crippen LogP contribution in [0.5, 0.6) is 0 Å². The molecule has 0 aromatic carbocycles. The molecule has 2 rings (SSSR count). The Hall–Kier alpha value is -0.0800. The topological polar surface area (TPSA) is 21.3 Å². The van der Waals surface area contributed by atoms with Crippen LogP contribution in [-0.4, -0.2) is 26.3 Å². The van der Waals surface area contributed by atoms with Gasteiger partial charge in [-0.05, 0) is 37.5 Å². The van der Waals surface area contributed by atoms with Crippen LogP contribution < -0.4 is 5.32 Å². The van der Waals surface area contributed by atoms with E-state index in [4.69, 9.17) is 4.74 Å². The van der Waals surface area contributed by atoms with Crippen LogP contribution in [0.4, 0.5) is 0 Å². The number of nitrogens with one attached hydrogen (secondary N) is 1. The molecule has 2 heteroatoms. The quantitative estimate of drug-likeness (QED) is 0.750. The summed E-state index contributed by atoms with van der Waals surface area (Å²) in [4.78, 5) is 0. The van der Waals surface area contributed by atoms with Crippen molar-refractivity contribution in [2.24, 2.45) is 5.41 Å². The van der Waals surface area contributed by atoms with Gasteiger partial charge in [0.05, 0.1) is 0 Å². The van der Waals surface area contributed by atoms with Crippen molar-refractivity contribution >= 4 is 0 Å². The van der Waals surface area contributed by atoms with E-state index >= 15 is 0 Å². The van der Waals surface area contributed by atoms with Crippen molar-refractivity contribution < 1.29 is 4.74 Å². The molecule has 0 amide bonds. The van der Waals surface area contributed by atoms with E-state index in [0.29, 0.717) is 5.41 Å². The molecule has 2 aliphatic carbocycles. The van der Waals surface area contributed by atoms with E-state index in [-0.39, 0.29) is 0 Å². The number of ether oxygens (including phenoxy) is 1. The molecule has 0 aromatic rings. The Bertz CT molecular complexity index is 195. The van der Waals surface area contributed by atoms with Crippen molar-refractivity contribution in [1.29, 1.82) is 0 Å². The zero-order valence-electron chi connectivity index (χ0n) is 10.8. The van der Waals surface area contributed by atoms with Crippen molar-refractivity contribution in [3.05, 3.63) is 0 Å². The van der Waals surface area contributed by atoms with Gasteiger partial charge in [0.1, 0.15) is 0 Å². The summed E-state index contributed by atoms with van der Waals surface area (Å²) in [6, 6.07) is 0.814. The molecule has 2 nitrogen and oxygen atoms in total. The minimum absolute atomic E-state index is 0.591. The number of hydrogen-bond acceptors (Lipinski definition) is 2. The van der Waals surface area contributed by atoms with Crippen molar-refractivity contribution in [3.8, 4) is 0 Å². The maximum Gasteiger partial charge on any atom is 0.0468 e. The maximum atomic E-state index is 5.24. The molecule has 0 atom stereocenters. The highest BCUT2D eigenvalue weighted by atomic mass is 16.5. The third-order valence-electron chi connectivity index (χ3n) is 4.62. The lowest BCUT2D eigenvalue weighted by molar-refractivity contribution is 0.0649. The minimum Gasteiger partial charge on any atom is -0.385 e. The largest absolute Gasteiger partial charge is 0.385 e. The molecular formula is C14H27NO. The Morgan fingerprint density at radius 3 is 2.44 bits per heavy atom. The van der Waals surface area contributed by atoms with Crippen LogP contribution in [0.3, 0.4) is 0 Å². The molecule has 16 heavy (non-hydrogen) atoms. The molecule has 2 aliphatic rings. The van der Waals surface area contributed by atoms with Crippen LogP contribution in [0.25, 0.3) is 0 Å². The summed E-state index contributed by atoms with van der Waals surface area (Å²) in [5.74, 6) is 0. The minimum atomic E-state index is 0.591. The molecule has 0 saturated heterocycles. The van der Waals surface area contributed by atoms with Crippen LogP contribution >= 0.6 is 0 Å². The van der Waals surface area contributed by atoms with E-state index < -0.39 is 0 Å². The summed E-state index contributed by atoms with van der Waals surface area (Å²) >= 11 is 0. The Morgan fingerprint density at radius 2 is 1.88 bits per heavy atom. The van der Waals surface area contributed by atoms with Crippen molar-refractivity contribution in [2.45, 2.75) is 63.8 Å². The molecule has 0 unspecified atom stereocenters. The van der Waals surface area contributed by atoms with E-state index in [1.54, 1.807) is 0 Å². The van der Waals surface area contributed by atoms with E-state index in [1.165, 1.54) is 64.3 Å². The predicted octanol–water partition coefficient (Wildman–Crippen LogP) is 3.12. The predicted molar refractivity (Wildman–Crippen MR) is 67.7 cm³/mol. The molecule has 94 valence electrons. The second kappa shape index (κ2) is 6.02. The number of methoxy groups -OCH3 is 1. The number of rotatable bonds is 6. The molecule has 0 radical (unpaired) electrons. The fraction of sp³-hybridized carbons (Fsp3) is 1.00. The molecule has 2 saturated carbocycles. The van der Waals surface area contributed by atoms with Gasteiger partial charge in [0, 0.05) is 26.3 Å². The summed E-state index contributed by atoms with van der Waals surface area (Å²) in [6.07, 6.45) is 12.6. The van der Waals surface area contributed by atoms with Gasteiger partial charge in [0.15, 0.2) is 0 Å². The first kappa shape index (κ1) is 12.4. The van der Waals surface area contributed by atoms with E-state index in [9.17, 15) is 0 Å². The molecule has 0 aliphatic heterocycles. The average Bonchev–Trinajstić information content (AvgIpc) is 2.29. The third-order valence-corrected chi connectivity index (χ3v) is 4.62. The smallest absolute Gasteiger partial charge is 0.0468 e. The van der Waals surface area contributed by atoms with Gasteiger partial charge in [-0.15, -0.1) is 0 Å². The van der Waals surface area contributed by atoms with Crippen molar-refractivity contribution in [3.63, 3.8) is 0 Å². The lowest BCUT2D eigenvalue weighted by Gasteiger charge is -2.43. The van der Waals surface area contributed by atoms with E-state index in [0.717, 1.165) is 12.6 Å². The van der Waals surface area contributed by atoms with Gasteiger partial charge in [0.2, 0.25) is 0 Å². The summed E-state index contributed by atoms with van der Waals surface area (Å²) < 4.78 is 5.24. The maximum absolute atomic E-state index is 5.24. The van der Waals surface area contributed by atoms with Gasteiger partial charge in [0.25, 0.3) is 0 Å². The Kier molecular flexibility index (Phi) is 4.66. The van der Waals surface area contributed by atoms with Crippen LogP contribution in [0.1, 0.15) is 57.8 Å². The second-order valence-electron chi connectivity index (χ2n) is 5.81. The first-order valence-electron chi connectivity index (χ1n) is 7.07. The fourth-order valence-electron chi connectivity index (χ4n) is 3.18. The highest BCUT2D eigenvalue weighted by Crippen LogP contribution is 2.43. The molecule has 1 N–H and O–H groups in total.